The second kappa shape index (κ2) is 6.92. The Labute approximate surface area is 153 Å². The van der Waals surface area contributed by atoms with Gasteiger partial charge < -0.3 is 14.7 Å². The van der Waals surface area contributed by atoms with Crippen LogP contribution in [0.1, 0.15) is 30.0 Å². The molecule has 1 aliphatic rings. The number of aliphatic hydroxyl groups is 1. The van der Waals surface area contributed by atoms with E-state index in [9.17, 15) is 14.7 Å². The van der Waals surface area contributed by atoms with Gasteiger partial charge in [-0.25, -0.2) is 0 Å². The van der Waals surface area contributed by atoms with Gasteiger partial charge in [-0.1, -0.05) is 29.8 Å². The second-order valence-corrected chi connectivity index (χ2v) is 6.88. The summed E-state index contributed by atoms with van der Waals surface area (Å²) in [5.74, 6) is 0.0343. The Morgan fingerprint density at radius 3 is 2.58 bits per heavy atom. The van der Waals surface area contributed by atoms with E-state index in [1.807, 2.05) is 50.2 Å². The van der Waals surface area contributed by atoms with Crippen molar-refractivity contribution in [2.75, 3.05) is 18.1 Å². The number of ether oxygens (including phenoxy) is 1. The van der Waals surface area contributed by atoms with E-state index >= 15 is 0 Å². The topological polar surface area (TPSA) is 66.8 Å². The zero-order chi connectivity index (χ0) is 18.9. The molecule has 0 spiro atoms. The molecule has 1 heterocycles. The molecule has 26 heavy (non-hydrogen) atoms. The minimum Gasteiger partial charge on any atom is -0.492 e. The maximum atomic E-state index is 12.9. The molecular formula is C21H23NO4. The SMILES string of the molecule is CC(=O)CC1(O)C(=O)N(CCOc2cccc(C)c2)c2ccc(C)cc21. The van der Waals surface area contributed by atoms with Crippen LogP contribution in [0.25, 0.3) is 0 Å². The van der Waals surface area contributed by atoms with Crippen LogP contribution in [0.3, 0.4) is 0 Å². The van der Waals surface area contributed by atoms with Gasteiger partial charge in [0.05, 0.1) is 12.2 Å². The number of benzene rings is 2. The quantitative estimate of drug-likeness (QED) is 0.867. The first-order valence-corrected chi connectivity index (χ1v) is 8.65. The minimum absolute atomic E-state index is 0.225. The van der Waals surface area contributed by atoms with Gasteiger partial charge in [0, 0.05) is 12.0 Å². The summed E-state index contributed by atoms with van der Waals surface area (Å²) >= 11 is 0. The minimum atomic E-state index is -1.80. The molecule has 136 valence electrons. The normalized spacial score (nSPS) is 18.8. The summed E-state index contributed by atoms with van der Waals surface area (Å²) in [5.41, 5.74) is 1.36. The van der Waals surface area contributed by atoms with Gasteiger partial charge in [-0.15, -0.1) is 0 Å². The third-order valence-electron chi connectivity index (χ3n) is 4.57. The van der Waals surface area contributed by atoms with E-state index in [-0.39, 0.29) is 12.2 Å². The van der Waals surface area contributed by atoms with Crippen LogP contribution in [-0.2, 0) is 15.2 Å². The number of nitrogens with zero attached hydrogens (tertiary/aromatic N) is 1. The van der Waals surface area contributed by atoms with Crippen LogP contribution in [-0.4, -0.2) is 29.9 Å². The average Bonchev–Trinajstić information content (AvgIpc) is 2.76. The lowest BCUT2D eigenvalue weighted by Gasteiger charge is -2.22. The number of fused-ring (bicyclic) bond motifs is 1. The maximum absolute atomic E-state index is 12.9. The molecule has 2 aromatic rings. The molecule has 1 N–H and O–H groups in total. The lowest BCUT2D eigenvalue weighted by Crippen LogP contribution is -2.43. The first-order chi connectivity index (χ1) is 12.3. The summed E-state index contributed by atoms with van der Waals surface area (Å²) in [6.45, 7) is 5.84. The molecule has 0 fully saturated rings. The van der Waals surface area contributed by atoms with E-state index in [2.05, 4.69) is 0 Å². The zero-order valence-electron chi connectivity index (χ0n) is 15.3. The van der Waals surface area contributed by atoms with Gasteiger partial charge in [0.25, 0.3) is 5.91 Å². The Hall–Kier alpha value is -2.66. The third-order valence-corrected chi connectivity index (χ3v) is 4.57. The number of hydrogen-bond donors (Lipinski definition) is 1. The molecule has 1 atom stereocenters. The van der Waals surface area contributed by atoms with Crippen molar-refractivity contribution in [2.45, 2.75) is 32.8 Å². The lowest BCUT2D eigenvalue weighted by molar-refractivity contribution is -0.141. The number of Topliss-reactive ketones (excluding diaryl/α,β-unsaturated/α-hetero) is 1. The van der Waals surface area contributed by atoms with Crippen LogP contribution < -0.4 is 9.64 Å². The van der Waals surface area contributed by atoms with Gasteiger partial charge in [-0.05, 0) is 44.5 Å². The number of carbonyl (C=O) groups excluding carboxylic acids is 2. The van der Waals surface area contributed by atoms with E-state index in [1.54, 1.807) is 6.07 Å². The Kier molecular flexibility index (Phi) is 4.83. The molecule has 3 rings (SSSR count). The zero-order valence-corrected chi connectivity index (χ0v) is 15.3. The molecule has 2 aromatic carbocycles. The summed E-state index contributed by atoms with van der Waals surface area (Å²) in [5, 5.41) is 11.0. The molecule has 0 aromatic heterocycles. The van der Waals surface area contributed by atoms with Crippen molar-refractivity contribution in [2.24, 2.45) is 0 Å². The van der Waals surface area contributed by atoms with Crippen LogP contribution in [0.5, 0.6) is 5.75 Å². The number of rotatable bonds is 6. The van der Waals surface area contributed by atoms with Gasteiger partial charge in [0.1, 0.15) is 18.1 Å². The van der Waals surface area contributed by atoms with Crippen molar-refractivity contribution in [3.05, 3.63) is 59.2 Å². The molecule has 5 nitrogen and oxygen atoms in total. The van der Waals surface area contributed by atoms with Crippen LogP contribution in [0.2, 0.25) is 0 Å². The molecule has 0 saturated heterocycles. The highest BCUT2D eigenvalue weighted by molar-refractivity contribution is 6.08. The van der Waals surface area contributed by atoms with E-state index in [0.717, 1.165) is 16.9 Å². The molecule has 1 aliphatic heterocycles. The van der Waals surface area contributed by atoms with Crippen molar-refractivity contribution in [1.82, 2.24) is 0 Å². The lowest BCUT2D eigenvalue weighted by atomic mass is 9.89. The first kappa shape index (κ1) is 18.1. The summed E-state index contributed by atoms with van der Waals surface area (Å²) in [6, 6.07) is 13.2. The van der Waals surface area contributed by atoms with Crippen molar-refractivity contribution < 1.29 is 19.4 Å². The average molecular weight is 353 g/mol. The van der Waals surface area contributed by atoms with Gasteiger partial charge >= 0.3 is 0 Å². The van der Waals surface area contributed by atoms with Crippen LogP contribution in [0.4, 0.5) is 5.69 Å². The summed E-state index contributed by atoms with van der Waals surface area (Å²) in [6.07, 6.45) is -0.225. The number of ketones is 1. The van der Waals surface area contributed by atoms with E-state index in [4.69, 9.17) is 4.74 Å². The Balaban J connectivity index is 1.82. The van der Waals surface area contributed by atoms with E-state index in [1.165, 1.54) is 11.8 Å². The number of amides is 1. The highest BCUT2D eigenvalue weighted by Crippen LogP contribution is 2.42. The maximum Gasteiger partial charge on any atom is 0.264 e. The van der Waals surface area contributed by atoms with Gasteiger partial charge in [-0.2, -0.15) is 0 Å². The van der Waals surface area contributed by atoms with Crippen LogP contribution in [0.15, 0.2) is 42.5 Å². The molecule has 0 saturated carbocycles. The van der Waals surface area contributed by atoms with Gasteiger partial charge in [0.15, 0.2) is 5.60 Å². The molecular weight excluding hydrogens is 330 g/mol. The molecule has 5 heteroatoms. The van der Waals surface area contributed by atoms with Crippen LogP contribution >= 0.6 is 0 Å². The number of anilines is 1. The van der Waals surface area contributed by atoms with E-state index < -0.39 is 11.5 Å². The smallest absolute Gasteiger partial charge is 0.264 e. The standard InChI is InChI=1S/C21H23NO4/c1-14-5-4-6-17(11-14)26-10-9-22-19-8-7-15(2)12-18(19)21(25,20(22)24)13-16(3)23/h4-8,11-12,25H,9-10,13H2,1-3H3. The van der Waals surface area contributed by atoms with Gasteiger partial charge in [0.2, 0.25) is 0 Å². The molecule has 1 unspecified atom stereocenters. The van der Waals surface area contributed by atoms with Gasteiger partial charge in [-0.3, -0.25) is 9.59 Å². The van der Waals surface area contributed by atoms with Crippen molar-refractivity contribution in [1.29, 1.82) is 0 Å². The Bertz CT molecular complexity index is 861. The molecule has 1 amide bonds. The summed E-state index contributed by atoms with van der Waals surface area (Å²) in [4.78, 5) is 26.0. The van der Waals surface area contributed by atoms with E-state index in [0.29, 0.717) is 24.4 Å². The predicted molar refractivity (Wildman–Crippen MR) is 99.4 cm³/mol. The monoisotopic (exact) mass is 353 g/mol. The second-order valence-electron chi connectivity index (χ2n) is 6.88. The third kappa shape index (κ3) is 3.35. The Morgan fingerprint density at radius 2 is 1.88 bits per heavy atom. The number of hydrogen-bond acceptors (Lipinski definition) is 4. The highest BCUT2D eigenvalue weighted by Gasteiger charge is 2.50. The molecule has 0 aliphatic carbocycles. The predicted octanol–water partition coefficient (Wildman–Crippen LogP) is 2.90. The number of aryl methyl sites for hydroxylation is 2. The fourth-order valence-corrected chi connectivity index (χ4v) is 3.38. The number of carbonyl (C=O) groups is 2. The largest absolute Gasteiger partial charge is 0.492 e. The fourth-order valence-electron chi connectivity index (χ4n) is 3.38. The highest BCUT2D eigenvalue weighted by atomic mass is 16.5. The van der Waals surface area contributed by atoms with Crippen molar-refractivity contribution >= 4 is 17.4 Å². The summed E-state index contributed by atoms with van der Waals surface area (Å²) in [7, 11) is 0. The van der Waals surface area contributed by atoms with Crippen molar-refractivity contribution in [3.63, 3.8) is 0 Å². The molecule has 0 radical (unpaired) electrons. The Morgan fingerprint density at radius 1 is 1.15 bits per heavy atom. The van der Waals surface area contributed by atoms with Crippen LogP contribution in [0, 0.1) is 13.8 Å². The van der Waals surface area contributed by atoms with Crippen molar-refractivity contribution in [3.8, 4) is 5.75 Å². The molecule has 0 bridgehead atoms. The summed E-state index contributed by atoms with van der Waals surface area (Å²) < 4.78 is 5.74. The fraction of sp³-hybridized carbons (Fsp3) is 0.333. The first-order valence-electron chi connectivity index (χ1n) is 8.65.